The van der Waals surface area contributed by atoms with Gasteiger partial charge < -0.3 is 25.0 Å². The van der Waals surface area contributed by atoms with Crippen LogP contribution in [0.25, 0.3) is 22.0 Å². The predicted octanol–water partition coefficient (Wildman–Crippen LogP) is 3.26. The van der Waals surface area contributed by atoms with E-state index in [9.17, 15) is 9.90 Å². The number of aromatic amines is 1. The number of aromatic nitrogens is 1. The van der Waals surface area contributed by atoms with Crippen LogP contribution in [0.2, 0.25) is 0 Å². The van der Waals surface area contributed by atoms with Gasteiger partial charge in [-0.15, -0.1) is 0 Å². The molecule has 1 aromatic heterocycles. The van der Waals surface area contributed by atoms with Crippen molar-refractivity contribution in [3.05, 3.63) is 53.7 Å². The number of carbonyl (C=O) groups is 1. The van der Waals surface area contributed by atoms with Crippen LogP contribution in [-0.4, -0.2) is 53.7 Å². The summed E-state index contributed by atoms with van der Waals surface area (Å²) in [6.07, 6.45) is 0.950. The summed E-state index contributed by atoms with van der Waals surface area (Å²) in [5.74, 6) is 0.503. The number of fused-ring (bicyclic) bond motifs is 5. The van der Waals surface area contributed by atoms with Gasteiger partial charge >= 0.3 is 0 Å². The normalized spacial score (nSPS) is 24.1. The number of methoxy groups -OCH3 is 1. The van der Waals surface area contributed by atoms with Gasteiger partial charge in [0.2, 0.25) is 5.91 Å². The first kappa shape index (κ1) is 20.1. The molecular weight excluding hydrogens is 390 g/mol. The summed E-state index contributed by atoms with van der Waals surface area (Å²) in [7, 11) is 3.55. The van der Waals surface area contributed by atoms with Crippen LogP contribution in [0, 0.1) is 5.92 Å². The number of nitrogens with zero attached hydrogens (tertiary/aromatic N) is 1. The fraction of sp³-hybridized carbons (Fsp3) is 0.400. The Kier molecular flexibility index (Phi) is 4.99. The van der Waals surface area contributed by atoms with E-state index >= 15 is 0 Å². The van der Waals surface area contributed by atoms with E-state index in [0.29, 0.717) is 6.54 Å². The Morgan fingerprint density at radius 2 is 1.94 bits per heavy atom. The van der Waals surface area contributed by atoms with Crippen LogP contribution in [-0.2, 0) is 11.2 Å². The van der Waals surface area contributed by atoms with E-state index in [-0.39, 0.29) is 18.0 Å². The maximum absolute atomic E-state index is 13.2. The topological polar surface area (TPSA) is 77.6 Å². The molecule has 3 aromatic rings. The second-order valence-electron chi connectivity index (χ2n) is 8.70. The molecule has 0 unspecified atom stereocenters. The van der Waals surface area contributed by atoms with Crippen molar-refractivity contribution >= 4 is 16.8 Å². The predicted molar refractivity (Wildman–Crippen MR) is 121 cm³/mol. The van der Waals surface area contributed by atoms with Crippen LogP contribution in [0.1, 0.15) is 30.6 Å². The maximum atomic E-state index is 13.2. The van der Waals surface area contributed by atoms with Crippen LogP contribution >= 0.6 is 0 Å². The first-order valence-electron chi connectivity index (χ1n) is 11.0. The summed E-state index contributed by atoms with van der Waals surface area (Å²) in [5, 5.41) is 14.7. The van der Waals surface area contributed by atoms with Gasteiger partial charge in [-0.3, -0.25) is 4.79 Å². The Hall–Kier alpha value is -2.83. The minimum absolute atomic E-state index is 0.0144. The second-order valence-corrected chi connectivity index (χ2v) is 8.70. The third kappa shape index (κ3) is 3.22. The van der Waals surface area contributed by atoms with Gasteiger partial charge in [-0.2, -0.15) is 0 Å². The van der Waals surface area contributed by atoms with E-state index in [1.165, 1.54) is 16.5 Å². The number of hydrogen-bond donors (Lipinski definition) is 3. The molecule has 3 heterocycles. The second kappa shape index (κ2) is 7.70. The molecule has 2 aliphatic rings. The van der Waals surface area contributed by atoms with Gasteiger partial charge in [0.15, 0.2) is 0 Å². The van der Waals surface area contributed by atoms with E-state index in [1.807, 2.05) is 24.1 Å². The van der Waals surface area contributed by atoms with Crippen molar-refractivity contribution in [3.8, 4) is 16.9 Å². The molecule has 162 valence electrons. The van der Waals surface area contributed by atoms with Crippen LogP contribution < -0.4 is 10.1 Å². The standard InChI is InChI=1S/C25H29N3O3/c1-14(29)23-21(26-2)13-22-24-18(10-11-28(22)25(23)30)19-12-16(6-9-20(19)27-24)15-4-7-17(31-3)8-5-15/h4-9,12,14,21-23,26-27,29H,10-11,13H2,1-3H3/t14-,21-,22-,23-/m0/s1. The average molecular weight is 420 g/mol. The van der Waals surface area contributed by atoms with Crippen molar-refractivity contribution in [2.75, 3.05) is 20.7 Å². The third-order valence-electron chi connectivity index (χ3n) is 7.04. The summed E-state index contributed by atoms with van der Waals surface area (Å²) < 4.78 is 5.28. The molecule has 0 bridgehead atoms. The lowest BCUT2D eigenvalue weighted by Crippen LogP contribution is -2.58. The highest BCUT2D eigenvalue weighted by atomic mass is 16.5. The number of H-pyrrole nitrogens is 1. The average Bonchev–Trinajstić information content (AvgIpc) is 3.17. The van der Waals surface area contributed by atoms with E-state index in [0.717, 1.165) is 35.4 Å². The van der Waals surface area contributed by atoms with E-state index in [2.05, 4.69) is 40.6 Å². The smallest absolute Gasteiger partial charge is 0.230 e. The van der Waals surface area contributed by atoms with E-state index < -0.39 is 12.0 Å². The molecule has 1 amide bonds. The van der Waals surface area contributed by atoms with Crippen LogP contribution in [0.3, 0.4) is 0 Å². The first-order chi connectivity index (χ1) is 15.0. The lowest BCUT2D eigenvalue weighted by Gasteiger charge is -2.46. The number of aliphatic hydroxyl groups is 1. The monoisotopic (exact) mass is 419 g/mol. The molecule has 6 nitrogen and oxygen atoms in total. The largest absolute Gasteiger partial charge is 0.497 e. The van der Waals surface area contributed by atoms with Gasteiger partial charge in [0.1, 0.15) is 5.75 Å². The zero-order valence-corrected chi connectivity index (χ0v) is 18.2. The van der Waals surface area contributed by atoms with Crippen molar-refractivity contribution in [3.63, 3.8) is 0 Å². The number of benzene rings is 2. The third-order valence-corrected chi connectivity index (χ3v) is 7.04. The highest BCUT2D eigenvalue weighted by molar-refractivity contribution is 5.90. The molecule has 2 aromatic carbocycles. The quantitative estimate of drug-likeness (QED) is 0.607. The summed E-state index contributed by atoms with van der Waals surface area (Å²) in [5.41, 5.74) is 5.88. The maximum Gasteiger partial charge on any atom is 0.230 e. The SMILES string of the molecule is CN[C@H]1C[C@H]2c3[nH]c4ccc(-c5ccc(OC)cc5)cc4c3CCN2C(=O)[C@H]1[C@H](C)O. The van der Waals surface area contributed by atoms with Gasteiger partial charge in [-0.1, -0.05) is 18.2 Å². The van der Waals surface area contributed by atoms with Crippen molar-refractivity contribution < 1.29 is 14.6 Å². The number of aliphatic hydroxyl groups excluding tert-OH is 1. The van der Waals surface area contributed by atoms with Gasteiger partial charge in [-0.05, 0) is 67.8 Å². The summed E-state index contributed by atoms with van der Waals surface area (Å²) in [6, 6.07) is 14.6. The number of hydrogen-bond acceptors (Lipinski definition) is 4. The Balaban J connectivity index is 1.54. The van der Waals surface area contributed by atoms with E-state index in [1.54, 1.807) is 14.0 Å². The Morgan fingerprint density at radius 1 is 1.19 bits per heavy atom. The molecule has 1 fully saturated rings. The molecule has 31 heavy (non-hydrogen) atoms. The Morgan fingerprint density at radius 3 is 2.61 bits per heavy atom. The Labute approximate surface area is 182 Å². The van der Waals surface area contributed by atoms with Crippen LogP contribution in [0.4, 0.5) is 0 Å². The lowest BCUT2D eigenvalue weighted by atomic mass is 9.80. The van der Waals surface area contributed by atoms with Crippen LogP contribution in [0.5, 0.6) is 5.75 Å². The van der Waals surface area contributed by atoms with Gasteiger partial charge in [0.05, 0.1) is 25.2 Å². The fourth-order valence-corrected chi connectivity index (χ4v) is 5.43. The molecular formula is C25H29N3O3. The number of rotatable bonds is 4. The number of carbonyl (C=O) groups excluding carboxylic acids is 1. The summed E-state index contributed by atoms with van der Waals surface area (Å²) in [4.78, 5) is 18.8. The number of nitrogens with one attached hydrogen (secondary N) is 2. The molecule has 5 rings (SSSR count). The van der Waals surface area contributed by atoms with Crippen molar-refractivity contribution in [1.82, 2.24) is 15.2 Å². The first-order valence-corrected chi connectivity index (χ1v) is 11.0. The Bertz CT molecular complexity index is 1120. The lowest BCUT2D eigenvalue weighted by molar-refractivity contribution is -0.149. The molecule has 0 aliphatic carbocycles. The molecule has 0 radical (unpaired) electrons. The van der Waals surface area contributed by atoms with Gasteiger partial charge in [-0.25, -0.2) is 0 Å². The summed E-state index contributed by atoms with van der Waals surface area (Å²) in [6.45, 7) is 2.40. The number of amides is 1. The fourth-order valence-electron chi connectivity index (χ4n) is 5.43. The van der Waals surface area contributed by atoms with Gasteiger partial charge in [0, 0.05) is 29.2 Å². The zero-order chi connectivity index (χ0) is 21.7. The van der Waals surface area contributed by atoms with Gasteiger partial charge in [0.25, 0.3) is 0 Å². The zero-order valence-electron chi connectivity index (χ0n) is 18.2. The number of ether oxygens (including phenoxy) is 1. The molecule has 3 N–H and O–H groups in total. The molecule has 4 atom stereocenters. The minimum Gasteiger partial charge on any atom is -0.497 e. The van der Waals surface area contributed by atoms with Crippen molar-refractivity contribution in [2.45, 2.75) is 38.0 Å². The summed E-state index contributed by atoms with van der Waals surface area (Å²) >= 11 is 0. The number of piperidine rings is 1. The van der Waals surface area contributed by atoms with Crippen LogP contribution in [0.15, 0.2) is 42.5 Å². The minimum atomic E-state index is -0.665. The molecule has 2 aliphatic heterocycles. The molecule has 6 heteroatoms. The molecule has 0 saturated carbocycles. The highest BCUT2D eigenvalue weighted by Crippen LogP contribution is 2.42. The van der Waals surface area contributed by atoms with E-state index in [4.69, 9.17) is 4.74 Å². The molecule has 1 saturated heterocycles. The van der Waals surface area contributed by atoms with Crippen molar-refractivity contribution in [2.24, 2.45) is 5.92 Å². The van der Waals surface area contributed by atoms with Crippen molar-refractivity contribution in [1.29, 1.82) is 0 Å². The highest BCUT2D eigenvalue weighted by Gasteiger charge is 2.46. The molecule has 0 spiro atoms.